The molecule has 72 valence electrons. The van der Waals surface area contributed by atoms with Crippen LogP contribution in [-0.4, -0.2) is 11.5 Å². The van der Waals surface area contributed by atoms with Crippen LogP contribution in [0.4, 0.5) is 4.39 Å². The van der Waals surface area contributed by atoms with Crippen LogP contribution in [0.15, 0.2) is 24.3 Å². The normalized spacial score (nSPS) is 12.5. The molecule has 0 saturated heterocycles. The molecule has 1 aromatic carbocycles. The van der Waals surface area contributed by atoms with Crippen molar-refractivity contribution in [3.8, 4) is 11.5 Å². The SMILES string of the molecule is CCCC(F)Oc1cccc(O)c1. The number of alkyl halides is 1. The van der Waals surface area contributed by atoms with Gasteiger partial charge in [-0.05, 0) is 18.6 Å². The fraction of sp³-hybridized carbons (Fsp3) is 0.400. The molecule has 0 fully saturated rings. The second-order valence-electron chi connectivity index (χ2n) is 2.81. The van der Waals surface area contributed by atoms with E-state index in [2.05, 4.69) is 0 Å². The van der Waals surface area contributed by atoms with Crippen molar-refractivity contribution in [2.75, 3.05) is 0 Å². The lowest BCUT2D eigenvalue weighted by molar-refractivity contribution is 0.0586. The summed E-state index contributed by atoms with van der Waals surface area (Å²) in [5, 5.41) is 9.05. The summed E-state index contributed by atoms with van der Waals surface area (Å²) < 4.78 is 17.8. The summed E-state index contributed by atoms with van der Waals surface area (Å²) in [6, 6.07) is 6.13. The molecule has 0 aliphatic heterocycles. The second kappa shape index (κ2) is 4.70. The topological polar surface area (TPSA) is 29.5 Å². The van der Waals surface area contributed by atoms with Gasteiger partial charge in [0.05, 0.1) is 0 Å². The fourth-order valence-electron chi connectivity index (χ4n) is 0.990. The van der Waals surface area contributed by atoms with Crippen LogP contribution in [0.2, 0.25) is 0 Å². The Morgan fingerprint density at radius 2 is 2.31 bits per heavy atom. The molecule has 1 unspecified atom stereocenters. The van der Waals surface area contributed by atoms with Crippen molar-refractivity contribution in [1.82, 2.24) is 0 Å². The third kappa shape index (κ3) is 3.32. The summed E-state index contributed by atoms with van der Waals surface area (Å²) in [6.07, 6.45) is -0.179. The average Bonchev–Trinajstić information content (AvgIpc) is 2.04. The van der Waals surface area contributed by atoms with Gasteiger partial charge in [-0.15, -0.1) is 0 Å². The highest BCUT2D eigenvalue weighted by Crippen LogP contribution is 2.20. The average molecular weight is 184 g/mol. The highest BCUT2D eigenvalue weighted by molar-refractivity contribution is 5.31. The Morgan fingerprint density at radius 1 is 1.54 bits per heavy atom. The zero-order chi connectivity index (χ0) is 9.68. The molecule has 0 heterocycles. The minimum atomic E-state index is -1.29. The Kier molecular flexibility index (Phi) is 3.55. The molecule has 13 heavy (non-hydrogen) atoms. The van der Waals surface area contributed by atoms with Gasteiger partial charge in [-0.3, -0.25) is 0 Å². The Hall–Kier alpha value is -1.25. The van der Waals surface area contributed by atoms with Crippen LogP contribution in [0.5, 0.6) is 11.5 Å². The van der Waals surface area contributed by atoms with E-state index in [9.17, 15) is 4.39 Å². The molecule has 0 saturated carbocycles. The minimum Gasteiger partial charge on any atom is -0.508 e. The van der Waals surface area contributed by atoms with Crippen molar-refractivity contribution in [1.29, 1.82) is 0 Å². The molecule has 0 radical (unpaired) electrons. The maximum absolute atomic E-state index is 12.9. The van der Waals surface area contributed by atoms with Crippen molar-refractivity contribution in [2.45, 2.75) is 26.1 Å². The number of ether oxygens (including phenoxy) is 1. The zero-order valence-electron chi connectivity index (χ0n) is 7.53. The minimum absolute atomic E-state index is 0.0844. The van der Waals surface area contributed by atoms with Crippen molar-refractivity contribution < 1.29 is 14.2 Å². The molecule has 0 aliphatic rings. The van der Waals surface area contributed by atoms with Gasteiger partial charge in [0.2, 0.25) is 6.36 Å². The van der Waals surface area contributed by atoms with Crippen LogP contribution in [-0.2, 0) is 0 Å². The van der Waals surface area contributed by atoms with Crippen molar-refractivity contribution in [2.24, 2.45) is 0 Å². The first-order valence-corrected chi connectivity index (χ1v) is 4.32. The number of hydrogen-bond acceptors (Lipinski definition) is 2. The molecule has 1 atom stereocenters. The number of aromatic hydroxyl groups is 1. The van der Waals surface area contributed by atoms with Crippen LogP contribution in [0.3, 0.4) is 0 Å². The largest absolute Gasteiger partial charge is 0.508 e. The van der Waals surface area contributed by atoms with E-state index >= 15 is 0 Å². The van der Waals surface area contributed by atoms with Crippen molar-refractivity contribution >= 4 is 0 Å². The number of benzene rings is 1. The predicted octanol–water partition coefficient (Wildman–Crippen LogP) is 2.87. The van der Waals surface area contributed by atoms with Gasteiger partial charge in [-0.25, -0.2) is 4.39 Å². The lowest BCUT2D eigenvalue weighted by Crippen LogP contribution is -2.08. The summed E-state index contributed by atoms with van der Waals surface area (Å²) in [5.74, 6) is 0.446. The van der Waals surface area contributed by atoms with E-state index in [0.29, 0.717) is 12.2 Å². The van der Waals surface area contributed by atoms with E-state index in [0.717, 1.165) is 6.42 Å². The highest BCUT2D eigenvalue weighted by Gasteiger charge is 2.06. The number of phenolic OH excluding ortho intramolecular Hbond substituents is 1. The Labute approximate surface area is 77.0 Å². The van der Waals surface area contributed by atoms with Crippen molar-refractivity contribution in [3.63, 3.8) is 0 Å². The maximum Gasteiger partial charge on any atom is 0.238 e. The molecule has 0 bridgehead atoms. The zero-order valence-corrected chi connectivity index (χ0v) is 7.53. The summed E-state index contributed by atoms with van der Waals surface area (Å²) >= 11 is 0. The third-order valence-corrected chi connectivity index (χ3v) is 1.60. The van der Waals surface area contributed by atoms with E-state index in [1.165, 1.54) is 12.1 Å². The molecule has 0 aromatic heterocycles. The smallest absolute Gasteiger partial charge is 0.238 e. The molecule has 0 amide bonds. The maximum atomic E-state index is 12.9. The number of rotatable bonds is 4. The van der Waals surface area contributed by atoms with Gasteiger partial charge < -0.3 is 9.84 Å². The van der Waals surface area contributed by atoms with Gasteiger partial charge in [0, 0.05) is 12.5 Å². The highest BCUT2D eigenvalue weighted by atomic mass is 19.1. The molecule has 0 spiro atoms. The van der Waals surface area contributed by atoms with Gasteiger partial charge in [0.1, 0.15) is 11.5 Å². The summed E-state index contributed by atoms with van der Waals surface area (Å²) in [7, 11) is 0. The van der Waals surface area contributed by atoms with E-state index in [1.54, 1.807) is 12.1 Å². The number of phenols is 1. The Morgan fingerprint density at radius 3 is 2.92 bits per heavy atom. The molecule has 0 aliphatic carbocycles. The van der Waals surface area contributed by atoms with Gasteiger partial charge in [-0.2, -0.15) is 0 Å². The molecule has 1 aromatic rings. The molecule has 1 N–H and O–H groups in total. The van der Waals surface area contributed by atoms with E-state index in [-0.39, 0.29) is 5.75 Å². The summed E-state index contributed by atoms with van der Waals surface area (Å²) in [6.45, 7) is 1.89. The second-order valence-corrected chi connectivity index (χ2v) is 2.81. The lowest BCUT2D eigenvalue weighted by Gasteiger charge is -2.09. The van der Waals surface area contributed by atoms with Crippen LogP contribution < -0.4 is 4.74 Å². The van der Waals surface area contributed by atoms with Gasteiger partial charge >= 0.3 is 0 Å². The standard InChI is InChI=1S/C10H13FO2/c1-2-4-10(11)13-9-6-3-5-8(12)7-9/h3,5-7,10,12H,2,4H2,1H3. The quantitative estimate of drug-likeness (QED) is 0.779. The molecule has 2 nitrogen and oxygen atoms in total. The van der Waals surface area contributed by atoms with Crippen LogP contribution in [0.25, 0.3) is 0 Å². The van der Waals surface area contributed by atoms with Crippen LogP contribution >= 0.6 is 0 Å². The predicted molar refractivity (Wildman–Crippen MR) is 48.5 cm³/mol. The van der Waals surface area contributed by atoms with E-state index in [4.69, 9.17) is 9.84 Å². The Bertz CT molecular complexity index is 263. The first-order chi connectivity index (χ1) is 6.22. The number of halogens is 1. The molecular weight excluding hydrogens is 171 g/mol. The van der Waals surface area contributed by atoms with Crippen LogP contribution in [0.1, 0.15) is 19.8 Å². The Balaban J connectivity index is 2.53. The van der Waals surface area contributed by atoms with Crippen molar-refractivity contribution in [3.05, 3.63) is 24.3 Å². The van der Waals surface area contributed by atoms with Gasteiger partial charge in [0.25, 0.3) is 0 Å². The van der Waals surface area contributed by atoms with Crippen LogP contribution in [0, 0.1) is 0 Å². The monoisotopic (exact) mass is 184 g/mol. The van der Waals surface area contributed by atoms with Gasteiger partial charge in [0.15, 0.2) is 0 Å². The summed E-state index contributed by atoms with van der Waals surface area (Å²) in [4.78, 5) is 0. The first-order valence-electron chi connectivity index (χ1n) is 4.32. The molecule has 1 rings (SSSR count). The van der Waals surface area contributed by atoms with Gasteiger partial charge in [-0.1, -0.05) is 13.0 Å². The lowest BCUT2D eigenvalue weighted by atomic mass is 10.3. The first kappa shape index (κ1) is 9.84. The fourth-order valence-corrected chi connectivity index (χ4v) is 0.990. The molecular formula is C10H13FO2. The summed E-state index contributed by atoms with van der Waals surface area (Å²) in [5.41, 5.74) is 0. The third-order valence-electron chi connectivity index (χ3n) is 1.60. The number of hydrogen-bond donors (Lipinski definition) is 1. The van der Waals surface area contributed by atoms with E-state index in [1.807, 2.05) is 6.92 Å². The van der Waals surface area contributed by atoms with E-state index < -0.39 is 6.36 Å². The molecule has 3 heteroatoms.